The average Bonchev–Trinajstić information content (AvgIpc) is 2.18. The van der Waals surface area contributed by atoms with Crippen LogP contribution in [0.5, 0.6) is 5.75 Å². The van der Waals surface area contributed by atoms with Gasteiger partial charge in [0.1, 0.15) is 5.75 Å². The number of hydrogen-bond donors (Lipinski definition) is 0. The van der Waals surface area contributed by atoms with Crippen molar-refractivity contribution in [3.63, 3.8) is 0 Å². The van der Waals surface area contributed by atoms with Crippen LogP contribution in [0, 0.1) is 0 Å². The maximum absolute atomic E-state index is 11.6. The summed E-state index contributed by atoms with van der Waals surface area (Å²) in [5.41, 5.74) is 0.484. The summed E-state index contributed by atoms with van der Waals surface area (Å²) in [5.74, 6) is 0.435. The van der Waals surface area contributed by atoms with E-state index in [-0.39, 0.29) is 5.78 Å². The van der Waals surface area contributed by atoms with Crippen molar-refractivity contribution in [1.82, 2.24) is 0 Å². The van der Waals surface area contributed by atoms with Gasteiger partial charge in [-0.3, -0.25) is 4.79 Å². The van der Waals surface area contributed by atoms with Crippen molar-refractivity contribution < 1.29 is 9.53 Å². The van der Waals surface area contributed by atoms with Gasteiger partial charge in [-0.05, 0) is 31.2 Å². The van der Waals surface area contributed by atoms with Crippen LogP contribution in [-0.4, -0.2) is 12.9 Å². The van der Waals surface area contributed by atoms with Gasteiger partial charge < -0.3 is 4.74 Å². The van der Waals surface area contributed by atoms with Crippen LogP contribution in [0.3, 0.4) is 0 Å². The van der Waals surface area contributed by atoms with E-state index in [2.05, 4.69) is 0 Å². The van der Waals surface area contributed by atoms with Gasteiger partial charge in [-0.25, -0.2) is 0 Å². The van der Waals surface area contributed by atoms with Crippen molar-refractivity contribution in [2.45, 2.75) is 6.92 Å². The highest BCUT2D eigenvalue weighted by atomic mass is 35.5. The minimum atomic E-state index is -0.105. The topological polar surface area (TPSA) is 26.3 Å². The molecule has 14 heavy (non-hydrogen) atoms. The maximum atomic E-state index is 11.6. The Labute approximate surface area is 88.1 Å². The van der Waals surface area contributed by atoms with Gasteiger partial charge in [-0.2, -0.15) is 0 Å². The molecule has 0 unspecified atom stereocenters. The van der Waals surface area contributed by atoms with E-state index in [0.29, 0.717) is 16.3 Å². The summed E-state index contributed by atoms with van der Waals surface area (Å²) in [5, 5.41) is 0.527. The fraction of sp³-hybridized carbons (Fsp3) is 0.182. The highest BCUT2D eigenvalue weighted by molar-refractivity contribution is 6.31. The molecule has 0 atom stereocenters. The molecule has 3 heteroatoms. The molecule has 0 N–H and O–H groups in total. The lowest BCUT2D eigenvalue weighted by Gasteiger charge is -2.05. The summed E-state index contributed by atoms with van der Waals surface area (Å²) in [6, 6.07) is 4.97. The molecule has 0 radical (unpaired) electrons. The molecule has 0 bridgehead atoms. The van der Waals surface area contributed by atoms with Gasteiger partial charge in [0, 0.05) is 5.02 Å². The number of rotatable bonds is 3. The van der Waals surface area contributed by atoms with Gasteiger partial charge >= 0.3 is 0 Å². The third kappa shape index (κ3) is 2.36. The van der Waals surface area contributed by atoms with Crippen molar-refractivity contribution >= 4 is 17.4 Å². The fourth-order valence-corrected chi connectivity index (χ4v) is 1.29. The Morgan fingerprint density at radius 2 is 2.21 bits per heavy atom. The van der Waals surface area contributed by atoms with Crippen LogP contribution in [-0.2, 0) is 0 Å². The number of halogens is 1. The minimum Gasteiger partial charge on any atom is -0.496 e. The van der Waals surface area contributed by atoms with Crippen molar-refractivity contribution in [3.8, 4) is 5.75 Å². The molecule has 1 aromatic carbocycles. The molecular weight excluding hydrogens is 200 g/mol. The molecule has 0 saturated heterocycles. The molecule has 0 spiro atoms. The van der Waals surface area contributed by atoms with Crippen LogP contribution in [0.15, 0.2) is 30.4 Å². The molecule has 0 heterocycles. The summed E-state index contributed by atoms with van der Waals surface area (Å²) >= 11 is 5.79. The normalized spacial score (nSPS) is 10.5. The predicted octanol–water partition coefficient (Wildman–Crippen LogP) is 3.11. The number of carbonyl (C=O) groups excluding carboxylic acids is 1. The van der Waals surface area contributed by atoms with E-state index in [1.165, 1.54) is 13.2 Å². The average molecular weight is 211 g/mol. The van der Waals surface area contributed by atoms with E-state index in [0.717, 1.165) is 0 Å². The van der Waals surface area contributed by atoms with E-state index in [1.807, 2.05) is 0 Å². The van der Waals surface area contributed by atoms with Gasteiger partial charge in [0.05, 0.1) is 12.7 Å². The van der Waals surface area contributed by atoms with Gasteiger partial charge in [0.25, 0.3) is 0 Å². The molecule has 2 nitrogen and oxygen atoms in total. The molecule has 0 aromatic heterocycles. The summed E-state index contributed by atoms with van der Waals surface area (Å²) in [6.07, 6.45) is 3.16. The molecule has 0 aliphatic rings. The maximum Gasteiger partial charge on any atom is 0.189 e. The number of methoxy groups -OCH3 is 1. The Bertz CT molecular complexity index is 370. The SMILES string of the molecule is CC=CC(=O)c1cc(Cl)ccc1OC. The van der Waals surface area contributed by atoms with Gasteiger partial charge in [-0.15, -0.1) is 0 Å². The smallest absolute Gasteiger partial charge is 0.189 e. The number of benzene rings is 1. The number of ketones is 1. The first-order valence-corrected chi connectivity index (χ1v) is 4.57. The van der Waals surface area contributed by atoms with E-state index in [1.54, 1.807) is 31.2 Å². The Hall–Kier alpha value is -1.28. The lowest BCUT2D eigenvalue weighted by Crippen LogP contribution is -1.98. The zero-order chi connectivity index (χ0) is 10.6. The second-order valence-corrected chi connectivity index (χ2v) is 3.15. The molecule has 74 valence electrons. The zero-order valence-electron chi connectivity index (χ0n) is 8.08. The van der Waals surface area contributed by atoms with E-state index in [4.69, 9.17) is 16.3 Å². The van der Waals surface area contributed by atoms with Crippen LogP contribution in [0.1, 0.15) is 17.3 Å². The van der Waals surface area contributed by atoms with Crippen LogP contribution in [0.2, 0.25) is 5.02 Å². The van der Waals surface area contributed by atoms with Gasteiger partial charge in [-0.1, -0.05) is 17.7 Å². The molecule has 0 saturated carbocycles. The molecule has 0 amide bonds. The number of ether oxygens (including phenoxy) is 1. The van der Waals surface area contributed by atoms with Crippen molar-refractivity contribution in [3.05, 3.63) is 40.9 Å². The third-order valence-corrected chi connectivity index (χ3v) is 1.98. The lowest BCUT2D eigenvalue weighted by atomic mass is 10.1. The second-order valence-electron chi connectivity index (χ2n) is 2.71. The van der Waals surface area contributed by atoms with Crippen LogP contribution >= 0.6 is 11.6 Å². The fourth-order valence-electron chi connectivity index (χ4n) is 1.11. The predicted molar refractivity (Wildman–Crippen MR) is 57.1 cm³/mol. The summed E-state index contributed by atoms with van der Waals surface area (Å²) in [7, 11) is 1.52. The lowest BCUT2D eigenvalue weighted by molar-refractivity contribution is 0.104. The number of carbonyl (C=O) groups is 1. The van der Waals surface area contributed by atoms with E-state index in [9.17, 15) is 4.79 Å². The third-order valence-electron chi connectivity index (χ3n) is 1.75. The largest absolute Gasteiger partial charge is 0.496 e. The standard InChI is InChI=1S/C11H11ClO2/c1-3-4-10(13)9-7-8(12)5-6-11(9)14-2/h3-7H,1-2H3. The Morgan fingerprint density at radius 3 is 2.79 bits per heavy atom. The minimum absolute atomic E-state index is 0.105. The molecule has 0 fully saturated rings. The van der Waals surface area contributed by atoms with Crippen molar-refractivity contribution in [1.29, 1.82) is 0 Å². The van der Waals surface area contributed by atoms with Crippen LogP contribution < -0.4 is 4.74 Å². The molecule has 0 aliphatic heterocycles. The first-order chi connectivity index (χ1) is 6.69. The molecule has 1 aromatic rings. The zero-order valence-corrected chi connectivity index (χ0v) is 8.84. The van der Waals surface area contributed by atoms with Crippen LogP contribution in [0.25, 0.3) is 0 Å². The molecular formula is C11H11ClO2. The van der Waals surface area contributed by atoms with E-state index >= 15 is 0 Å². The van der Waals surface area contributed by atoms with Gasteiger partial charge in [0.2, 0.25) is 0 Å². The van der Waals surface area contributed by atoms with Crippen molar-refractivity contribution in [2.75, 3.05) is 7.11 Å². The molecule has 1 rings (SSSR count). The second kappa shape index (κ2) is 4.82. The summed E-state index contributed by atoms with van der Waals surface area (Å²) in [4.78, 5) is 11.6. The number of hydrogen-bond acceptors (Lipinski definition) is 2. The summed E-state index contributed by atoms with van der Waals surface area (Å²) < 4.78 is 5.05. The first kappa shape index (κ1) is 10.8. The first-order valence-electron chi connectivity index (χ1n) is 4.19. The molecule has 0 aliphatic carbocycles. The quantitative estimate of drug-likeness (QED) is 0.566. The van der Waals surface area contributed by atoms with E-state index < -0.39 is 0 Å². The Kier molecular flexibility index (Phi) is 3.72. The van der Waals surface area contributed by atoms with Crippen LogP contribution in [0.4, 0.5) is 0 Å². The Morgan fingerprint density at radius 1 is 1.50 bits per heavy atom. The summed E-state index contributed by atoms with van der Waals surface area (Å²) in [6.45, 7) is 1.79. The monoisotopic (exact) mass is 210 g/mol. The Balaban J connectivity index is 3.16. The van der Waals surface area contributed by atoms with Crippen molar-refractivity contribution in [2.24, 2.45) is 0 Å². The highest BCUT2D eigenvalue weighted by Crippen LogP contribution is 2.23. The highest BCUT2D eigenvalue weighted by Gasteiger charge is 2.09. The number of allylic oxidation sites excluding steroid dienone is 2. The van der Waals surface area contributed by atoms with Gasteiger partial charge in [0.15, 0.2) is 5.78 Å².